The van der Waals surface area contributed by atoms with Crippen LogP contribution in [0.2, 0.25) is 0 Å². The van der Waals surface area contributed by atoms with Crippen molar-refractivity contribution in [3.05, 3.63) is 11.6 Å². The van der Waals surface area contributed by atoms with Crippen LogP contribution in [-0.4, -0.2) is 11.9 Å². The fraction of sp³-hybridized carbons (Fsp3) is 0.500. The highest BCUT2D eigenvalue weighted by Crippen LogP contribution is 2.28. The summed E-state index contributed by atoms with van der Waals surface area (Å²) in [6.07, 6.45) is 1.25. The van der Waals surface area contributed by atoms with E-state index in [9.17, 15) is 9.59 Å². The van der Waals surface area contributed by atoms with Crippen LogP contribution in [0, 0.1) is 5.41 Å². The summed E-state index contributed by atoms with van der Waals surface area (Å²) in [7, 11) is 0. The van der Waals surface area contributed by atoms with Gasteiger partial charge in [-0.05, 0) is 5.41 Å². The summed E-state index contributed by atoms with van der Waals surface area (Å²) in [5.41, 5.74) is 0.144. The van der Waals surface area contributed by atoms with E-state index < -0.39 is 11.9 Å². The van der Waals surface area contributed by atoms with Crippen LogP contribution >= 0.6 is 0 Å². The molecule has 0 aliphatic carbocycles. The van der Waals surface area contributed by atoms with Gasteiger partial charge in [0.25, 0.3) is 0 Å². The van der Waals surface area contributed by atoms with Crippen molar-refractivity contribution < 1.29 is 14.3 Å². The third-order valence-electron chi connectivity index (χ3n) is 1.48. The first-order valence-electron chi connectivity index (χ1n) is 3.39. The van der Waals surface area contributed by atoms with Crippen molar-refractivity contribution in [3.8, 4) is 0 Å². The van der Waals surface area contributed by atoms with Crippen LogP contribution in [0.5, 0.6) is 0 Å². The first-order valence-corrected chi connectivity index (χ1v) is 3.39. The fourth-order valence-corrected chi connectivity index (χ4v) is 0.875. The molecule has 0 spiro atoms. The van der Waals surface area contributed by atoms with E-state index in [1.54, 1.807) is 0 Å². The van der Waals surface area contributed by atoms with Crippen LogP contribution in [0.15, 0.2) is 11.6 Å². The first-order chi connectivity index (χ1) is 4.91. The van der Waals surface area contributed by atoms with Crippen molar-refractivity contribution in [1.29, 1.82) is 0 Å². The van der Waals surface area contributed by atoms with E-state index in [4.69, 9.17) is 0 Å². The molecule has 1 heterocycles. The van der Waals surface area contributed by atoms with E-state index in [-0.39, 0.29) is 5.41 Å². The lowest BCUT2D eigenvalue weighted by Crippen LogP contribution is -2.15. The number of carbonyl (C=O) groups excluding carboxylic acids is 2. The second-order valence-electron chi connectivity index (χ2n) is 3.52. The van der Waals surface area contributed by atoms with Crippen molar-refractivity contribution in [3.63, 3.8) is 0 Å². The molecule has 0 saturated heterocycles. The van der Waals surface area contributed by atoms with Gasteiger partial charge < -0.3 is 4.74 Å². The molecule has 0 atom stereocenters. The number of hydrogen-bond donors (Lipinski definition) is 0. The lowest BCUT2D eigenvalue weighted by atomic mass is 9.87. The molecule has 1 aliphatic heterocycles. The summed E-state index contributed by atoms with van der Waals surface area (Å²) >= 11 is 0. The van der Waals surface area contributed by atoms with Crippen LogP contribution in [0.4, 0.5) is 0 Å². The van der Waals surface area contributed by atoms with Gasteiger partial charge in [0, 0.05) is 6.08 Å². The van der Waals surface area contributed by atoms with E-state index in [0.29, 0.717) is 5.57 Å². The maximum Gasteiger partial charge on any atom is 0.342 e. The molecule has 0 unspecified atom stereocenters. The standard InChI is InChI=1S/C8H10O3/c1-8(2,3)5-4-6(9)11-7(5)10/h4H,1-3H3. The van der Waals surface area contributed by atoms with Crippen LogP contribution in [-0.2, 0) is 14.3 Å². The van der Waals surface area contributed by atoms with Gasteiger partial charge in [0.1, 0.15) is 0 Å². The summed E-state index contributed by atoms with van der Waals surface area (Å²) in [6, 6.07) is 0. The van der Waals surface area contributed by atoms with Crippen molar-refractivity contribution in [1.82, 2.24) is 0 Å². The number of carbonyl (C=O) groups is 2. The molecule has 0 aromatic heterocycles. The third kappa shape index (κ3) is 1.48. The fourth-order valence-electron chi connectivity index (χ4n) is 0.875. The summed E-state index contributed by atoms with van der Waals surface area (Å²) in [5, 5.41) is 0. The Bertz CT molecular complexity index is 243. The molecule has 0 aromatic rings. The monoisotopic (exact) mass is 154 g/mol. The van der Waals surface area contributed by atoms with Crippen LogP contribution in [0.1, 0.15) is 20.8 Å². The minimum Gasteiger partial charge on any atom is -0.386 e. The maximum atomic E-state index is 10.9. The molecule has 0 fully saturated rings. The van der Waals surface area contributed by atoms with E-state index in [0.717, 1.165) is 0 Å². The number of cyclic esters (lactones) is 2. The second kappa shape index (κ2) is 2.19. The lowest BCUT2D eigenvalue weighted by Gasteiger charge is -2.16. The molecule has 60 valence electrons. The summed E-state index contributed by atoms with van der Waals surface area (Å²) in [5.74, 6) is -1.07. The average Bonchev–Trinajstić information content (AvgIpc) is 2.08. The van der Waals surface area contributed by atoms with Crippen molar-refractivity contribution in [2.45, 2.75) is 20.8 Å². The Labute approximate surface area is 65.0 Å². The molecule has 0 saturated carbocycles. The molecule has 0 radical (unpaired) electrons. The van der Waals surface area contributed by atoms with Gasteiger partial charge in [0.2, 0.25) is 0 Å². The zero-order chi connectivity index (χ0) is 8.65. The average molecular weight is 154 g/mol. The third-order valence-corrected chi connectivity index (χ3v) is 1.48. The number of ether oxygens (including phenoxy) is 1. The molecular formula is C8H10O3. The van der Waals surface area contributed by atoms with Crippen molar-refractivity contribution >= 4 is 11.9 Å². The van der Waals surface area contributed by atoms with Gasteiger partial charge >= 0.3 is 11.9 Å². The SMILES string of the molecule is CC(C)(C)C1=CC(=O)OC1=O. The van der Waals surface area contributed by atoms with Crippen LogP contribution < -0.4 is 0 Å². The molecule has 1 rings (SSSR count). The molecule has 0 bridgehead atoms. The predicted octanol–water partition coefficient (Wildman–Crippen LogP) is 1.04. The van der Waals surface area contributed by atoms with E-state index in [1.807, 2.05) is 20.8 Å². The first kappa shape index (κ1) is 7.98. The van der Waals surface area contributed by atoms with Gasteiger partial charge in [-0.25, -0.2) is 9.59 Å². The summed E-state index contributed by atoms with van der Waals surface area (Å²) in [6.45, 7) is 5.58. The predicted molar refractivity (Wildman–Crippen MR) is 38.6 cm³/mol. The zero-order valence-corrected chi connectivity index (χ0v) is 6.80. The van der Waals surface area contributed by atoms with Crippen LogP contribution in [0.3, 0.4) is 0 Å². The van der Waals surface area contributed by atoms with E-state index in [1.165, 1.54) is 6.08 Å². The highest BCUT2D eigenvalue weighted by Gasteiger charge is 2.32. The molecule has 11 heavy (non-hydrogen) atoms. The topological polar surface area (TPSA) is 43.4 Å². The number of esters is 2. The maximum absolute atomic E-state index is 10.9. The Morgan fingerprint density at radius 1 is 1.27 bits per heavy atom. The highest BCUT2D eigenvalue weighted by atomic mass is 16.6. The molecule has 1 aliphatic rings. The van der Waals surface area contributed by atoms with E-state index >= 15 is 0 Å². The molecule has 0 N–H and O–H groups in total. The summed E-state index contributed by atoms with van der Waals surface area (Å²) in [4.78, 5) is 21.5. The minimum absolute atomic E-state index is 0.302. The smallest absolute Gasteiger partial charge is 0.342 e. The zero-order valence-electron chi connectivity index (χ0n) is 6.80. The normalized spacial score (nSPS) is 18.3. The highest BCUT2D eigenvalue weighted by molar-refractivity contribution is 6.09. The Hall–Kier alpha value is -1.12. The Kier molecular flexibility index (Phi) is 1.59. The van der Waals surface area contributed by atoms with Gasteiger partial charge in [0.05, 0.1) is 5.57 Å². The number of rotatable bonds is 0. The number of hydrogen-bond acceptors (Lipinski definition) is 3. The largest absolute Gasteiger partial charge is 0.386 e. The lowest BCUT2D eigenvalue weighted by molar-refractivity contribution is -0.151. The molecule has 3 heteroatoms. The van der Waals surface area contributed by atoms with Gasteiger partial charge in [-0.2, -0.15) is 0 Å². The molecule has 0 amide bonds. The Morgan fingerprint density at radius 2 is 1.82 bits per heavy atom. The van der Waals surface area contributed by atoms with Crippen LogP contribution in [0.25, 0.3) is 0 Å². The Morgan fingerprint density at radius 3 is 2.00 bits per heavy atom. The second-order valence-corrected chi connectivity index (χ2v) is 3.52. The van der Waals surface area contributed by atoms with Gasteiger partial charge in [0.15, 0.2) is 0 Å². The van der Waals surface area contributed by atoms with Gasteiger partial charge in [-0.15, -0.1) is 0 Å². The molecule has 3 nitrogen and oxygen atoms in total. The quantitative estimate of drug-likeness (QED) is 0.387. The van der Waals surface area contributed by atoms with Crippen molar-refractivity contribution in [2.24, 2.45) is 5.41 Å². The minimum atomic E-state index is -0.556. The summed E-state index contributed by atoms with van der Waals surface area (Å²) < 4.78 is 4.33. The van der Waals surface area contributed by atoms with E-state index in [2.05, 4.69) is 4.74 Å². The van der Waals surface area contributed by atoms with Crippen molar-refractivity contribution in [2.75, 3.05) is 0 Å². The van der Waals surface area contributed by atoms with Gasteiger partial charge in [-0.1, -0.05) is 20.8 Å². The Balaban J connectivity index is 2.97. The van der Waals surface area contributed by atoms with Gasteiger partial charge in [-0.3, -0.25) is 0 Å². The molecular weight excluding hydrogens is 144 g/mol. The molecule has 0 aromatic carbocycles.